The van der Waals surface area contributed by atoms with Crippen LogP contribution in [0.5, 0.6) is 0 Å². The van der Waals surface area contributed by atoms with E-state index in [2.05, 4.69) is 31.9 Å². The van der Waals surface area contributed by atoms with E-state index in [1.165, 1.54) is 0 Å². The number of alkyl halides is 3. The standard InChI is InChI=1S/C4H7Br2Cl/c1-3(5)4(2,6)7/h3H,1-2H3. The SMILES string of the molecule is CC(Br)C(C)(Cl)Br. The molecule has 0 radical (unpaired) electrons. The minimum absolute atomic E-state index is 0.293. The van der Waals surface area contributed by atoms with Crippen LogP contribution in [0.4, 0.5) is 0 Å². The lowest BCUT2D eigenvalue weighted by molar-refractivity contribution is 0.884. The van der Waals surface area contributed by atoms with Crippen LogP contribution in [-0.4, -0.2) is 8.61 Å². The largest absolute Gasteiger partial charge is 0.109 e. The summed E-state index contributed by atoms with van der Waals surface area (Å²) in [7, 11) is 0. The fraction of sp³-hybridized carbons (Fsp3) is 1.00. The summed E-state index contributed by atoms with van der Waals surface area (Å²) < 4.78 is -0.299. The Kier molecular flexibility index (Phi) is 3.18. The minimum atomic E-state index is -0.299. The normalized spacial score (nSPS) is 23.6. The summed E-state index contributed by atoms with van der Waals surface area (Å²) in [5.74, 6) is 0. The molecule has 0 heterocycles. The van der Waals surface area contributed by atoms with Gasteiger partial charge in [-0.15, -0.1) is 11.6 Å². The van der Waals surface area contributed by atoms with Crippen molar-refractivity contribution in [1.82, 2.24) is 0 Å². The second-order valence-electron chi connectivity index (χ2n) is 1.57. The molecule has 0 rings (SSSR count). The average molecular weight is 250 g/mol. The molecule has 7 heavy (non-hydrogen) atoms. The summed E-state index contributed by atoms with van der Waals surface area (Å²) in [4.78, 5) is 0.293. The van der Waals surface area contributed by atoms with Gasteiger partial charge in [-0.1, -0.05) is 38.8 Å². The van der Waals surface area contributed by atoms with Gasteiger partial charge in [0.25, 0.3) is 0 Å². The average Bonchev–Trinajstić information content (AvgIpc) is 1.31. The molecule has 0 aliphatic heterocycles. The summed E-state index contributed by atoms with van der Waals surface area (Å²) in [5, 5.41) is 0. The second kappa shape index (κ2) is 2.70. The number of rotatable bonds is 1. The summed E-state index contributed by atoms with van der Waals surface area (Å²) in [6, 6.07) is 0. The van der Waals surface area contributed by atoms with Crippen LogP contribution in [0.25, 0.3) is 0 Å². The van der Waals surface area contributed by atoms with Crippen molar-refractivity contribution >= 4 is 43.5 Å². The molecular formula is C4H7Br2Cl. The predicted molar refractivity (Wildman–Crippen MR) is 41.6 cm³/mol. The van der Waals surface area contributed by atoms with Gasteiger partial charge in [0.15, 0.2) is 0 Å². The van der Waals surface area contributed by atoms with Gasteiger partial charge < -0.3 is 0 Å². The molecule has 0 aromatic heterocycles. The van der Waals surface area contributed by atoms with Crippen LogP contribution in [0.2, 0.25) is 0 Å². The third kappa shape index (κ3) is 3.80. The van der Waals surface area contributed by atoms with Crippen molar-refractivity contribution in [1.29, 1.82) is 0 Å². The van der Waals surface area contributed by atoms with E-state index >= 15 is 0 Å². The molecule has 0 aromatic carbocycles. The van der Waals surface area contributed by atoms with E-state index in [4.69, 9.17) is 11.6 Å². The Hall–Kier alpha value is 1.25. The maximum Gasteiger partial charge on any atom is 0.109 e. The van der Waals surface area contributed by atoms with E-state index in [9.17, 15) is 0 Å². The van der Waals surface area contributed by atoms with Gasteiger partial charge in [-0.2, -0.15) is 0 Å². The van der Waals surface area contributed by atoms with E-state index < -0.39 is 0 Å². The third-order valence-corrected chi connectivity index (χ3v) is 3.51. The van der Waals surface area contributed by atoms with Gasteiger partial charge in [0, 0.05) is 4.83 Å². The molecule has 0 aliphatic carbocycles. The first-order valence-corrected chi connectivity index (χ1v) is 4.05. The Morgan fingerprint density at radius 1 is 1.71 bits per heavy atom. The molecule has 44 valence electrons. The van der Waals surface area contributed by atoms with Gasteiger partial charge in [-0.3, -0.25) is 0 Å². The lowest BCUT2D eigenvalue weighted by Gasteiger charge is -2.15. The molecule has 0 spiro atoms. The molecule has 0 aromatic rings. The molecule has 3 heteroatoms. The van der Waals surface area contributed by atoms with E-state index in [1.807, 2.05) is 13.8 Å². The highest BCUT2D eigenvalue weighted by Crippen LogP contribution is 2.31. The molecule has 0 fully saturated rings. The fourth-order valence-electron chi connectivity index (χ4n) is 0. The topological polar surface area (TPSA) is 0 Å². The Bertz CT molecular complexity index is 55.2. The van der Waals surface area contributed by atoms with Gasteiger partial charge in [-0.25, -0.2) is 0 Å². The molecule has 0 saturated heterocycles. The minimum Gasteiger partial charge on any atom is -0.106 e. The van der Waals surface area contributed by atoms with Crippen molar-refractivity contribution in [2.45, 2.75) is 22.5 Å². The summed E-state index contributed by atoms with van der Waals surface area (Å²) in [5.41, 5.74) is 0. The summed E-state index contributed by atoms with van der Waals surface area (Å²) in [6.07, 6.45) is 0. The molecule has 0 amide bonds. The van der Waals surface area contributed by atoms with Crippen LogP contribution in [0.15, 0.2) is 0 Å². The molecule has 0 saturated carbocycles. The monoisotopic (exact) mass is 248 g/mol. The van der Waals surface area contributed by atoms with Crippen molar-refractivity contribution < 1.29 is 0 Å². The zero-order valence-electron chi connectivity index (χ0n) is 4.21. The molecule has 0 nitrogen and oxygen atoms in total. The second-order valence-corrected chi connectivity index (χ2v) is 5.83. The van der Waals surface area contributed by atoms with Crippen LogP contribution >= 0.6 is 43.5 Å². The van der Waals surface area contributed by atoms with Gasteiger partial charge in [-0.05, 0) is 6.92 Å². The first kappa shape index (κ1) is 8.25. The Morgan fingerprint density at radius 3 is 1.86 bits per heavy atom. The third-order valence-electron chi connectivity index (χ3n) is 0.698. The van der Waals surface area contributed by atoms with Crippen molar-refractivity contribution in [3.63, 3.8) is 0 Å². The Labute approximate surface area is 65.9 Å². The number of hydrogen-bond donors (Lipinski definition) is 0. The number of hydrogen-bond acceptors (Lipinski definition) is 0. The van der Waals surface area contributed by atoms with Crippen LogP contribution in [0, 0.1) is 0 Å². The molecule has 0 aliphatic rings. The van der Waals surface area contributed by atoms with E-state index in [0.29, 0.717) is 4.83 Å². The van der Waals surface area contributed by atoms with Crippen molar-refractivity contribution in [3.05, 3.63) is 0 Å². The molecule has 0 bridgehead atoms. The van der Waals surface area contributed by atoms with E-state index in [1.54, 1.807) is 0 Å². The van der Waals surface area contributed by atoms with Crippen molar-refractivity contribution in [2.75, 3.05) is 0 Å². The first-order valence-electron chi connectivity index (χ1n) is 1.96. The van der Waals surface area contributed by atoms with Gasteiger partial charge in [0.1, 0.15) is 3.78 Å². The van der Waals surface area contributed by atoms with Crippen LogP contribution in [0.1, 0.15) is 13.8 Å². The van der Waals surface area contributed by atoms with Gasteiger partial charge in [0.2, 0.25) is 0 Å². The summed E-state index contributed by atoms with van der Waals surface area (Å²) >= 11 is 12.3. The number of halogens is 3. The zero-order valence-corrected chi connectivity index (χ0v) is 8.14. The Balaban J connectivity index is 3.54. The van der Waals surface area contributed by atoms with Crippen molar-refractivity contribution in [3.8, 4) is 0 Å². The molecule has 0 N–H and O–H groups in total. The quantitative estimate of drug-likeness (QED) is 0.627. The van der Waals surface area contributed by atoms with Crippen LogP contribution in [-0.2, 0) is 0 Å². The lowest BCUT2D eigenvalue weighted by Crippen LogP contribution is -2.16. The van der Waals surface area contributed by atoms with Crippen LogP contribution < -0.4 is 0 Å². The maximum atomic E-state index is 5.74. The maximum absolute atomic E-state index is 5.74. The van der Waals surface area contributed by atoms with Crippen LogP contribution in [0.3, 0.4) is 0 Å². The first-order chi connectivity index (χ1) is 2.94. The van der Waals surface area contributed by atoms with Gasteiger partial charge in [0.05, 0.1) is 0 Å². The van der Waals surface area contributed by atoms with Gasteiger partial charge >= 0.3 is 0 Å². The highest BCUT2D eigenvalue weighted by molar-refractivity contribution is 9.13. The van der Waals surface area contributed by atoms with E-state index in [0.717, 1.165) is 0 Å². The molecule has 2 atom stereocenters. The Morgan fingerprint density at radius 2 is 1.86 bits per heavy atom. The highest BCUT2D eigenvalue weighted by Gasteiger charge is 2.21. The van der Waals surface area contributed by atoms with Crippen molar-refractivity contribution in [2.24, 2.45) is 0 Å². The highest BCUT2D eigenvalue weighted by atomic mass is 79.9. The lowest BCUT2D eigenvalue weighted by atomic mass is 10.4. The van der Waals surface area contributed by atoms with E-state index in [-0.39, 0.29) is 3.78 Å². The predicted octanol–water partition coefficient (Wildman–Crippen LogP) is 3.12. The fourth-order valence-corrected chi connectivity index (χ4v) is 0. The molecule has 2 unspecified atom stereocenters. The zero-order chi connectivity index (χ0) is 6.08. The summed E-state index contributed by atoms with van der Waals surface area (Å²) in [6.45, 7) is 3.88. The smallest absolute Gasteiger partial charge is 0.106 e. The molecular weight excluding hydrogens is 243 g/mol.